The summed E-state index contributed by atoms with van der Waals surface area (Å²) in [5.41, 5.74) is 4.70. The number of methoxy groups -OCH3 is 1. The number of H-pyrrole nitrogens is 1. The van der Waals surface area contributed by atoms with Crippen LogP contribution in [0.25, 0.3) is 22.4 Å². The minimum atomic E-state index is 0.0491. The summed E-state index contributed by atoms with van der Waals surface area (Å²) in [6, 6.07) is 6.07. The fraction of sp³-hybridized carbons (Fsp3) is 0.316. The Balaban J connectivity index is 1.70. The molecular weight excluding hydrogens is 396 g/mol. The molecule has 1 aromatic carbocycles. The molecule has 0 amide bonds. The van der Waals surface area contributed by atoms with Gasteiger partial charge < -0.3 is 9.47 Å². The Morgan fingerprint density at radius 1 is 1.19 bits per heavy atom. The van der Waals surface area contributed by atoms with Crippen LogP contribution in [0.4, 0.5) is 0 Å². The van der Waals surface area contributed by atoms with Gasteiger partial charge in [-0.1, -0.05) is 6.07 Å². The zero-order chi connectivity index (χ0) is 17.9. The smallest absolute Gasteiger partial charge is 0.128 e. The van der Waals surface area contributed by atoms with Crippen LogP contribution in [0.3, 0.4) is 0 Å². The molecule has 3 aromatic rings. The Labute approximate surface area is 160 Å². The average molecular weight is 415 g/mol. The third-order valence-corrected chi connectivity index (χ3v) is 4.97. The summed E-state index contributed by atoms with van der Waals surface area (Å²) in [6.07, 6.45) is 8.66. The molecule has 0 radical (unpaired) electrons. The maximum atomic E-state index is 5.91. The monoisotopic (exact) mass is 414 g/mol. The van der Waals surface area contributed by atoms with Crippen molar-refractivity contribution in [2.45, 2.75) is 25.4 Å². The van der Waals surface area contributed by atoms with E-state index >= 15 is 0 Å². The number of halogens is 1. The third-order valence-electron chi connectivity index (χ3n) is 4.56. The van der Waals surface area contributed by atoms with Gasteiger partial charge in [0.1, 0.15) is 16.5 Å². The van der Waals surface area contributed by atoms with E-state index in [-0.39, 0.29) is 6.10 Å². The number of aromatic amines is 1. The van der Waals surface area contributed by atoms with Gasteiger partial charge >= 0.3 is 0 Å². The van der Waals surface area contributed by atoms with Crippen LogP contribution in [0, 0.1) is 0 Å². The van der Waals surface area contributed by atoms with E-state index < -0.39 is 0 Å². The highest BCUT2D eigenvalue weighted by Gasteiger charge is 2.23. The van der Waals surface area contributed by atoms with Gasteiger partial charge in [0.05, 0.1) is 30.9 Å². The Morgan fingerprint density at radius 3 is 2.85 bits per heavy atom. The molecule has 6 nitrogen and oxygen atoms in total. The van der Waals surface area contributed by atoms with Crippen LogP contribution in [-0.4, -0.2) is 33.9 Å². The molecule has 1 unspecified atom stereocenters. The second kappa shape index (κ2) is 7.55. The average Bonchev–Trinajstić information content (AvgIpc) is 3.19. The number of hydrogen-bond donors (Lipinski definition) is 1. The molecule has 1 N–H and O–H groups in total. The number of nitrogens with one attached hydrogen (secondary N) is 1. The predicted molar refractivity (Wildman–Crippen MR) is 102 cm³/mol. The number of rotatable bonds is 4. The van der Waals surface area contributed by atoms with Gasteiger partial charge in [0.2, 0.25) is 0 Å². The SMILES string of the molecule is COc1cc(-c2c[nH]nc2C2CCCCO2)ccc1-c1cnc(Br)cn1. The van der Waals surface area contributed by atoms with Crippen molar-refractivity contribution in [2.24, 2.45) is 0 Å². The van der Waals surface area contributed by atoms with Gasteiger partial charge in [-0.25, -0.2) is 4.98 Å². The molecule has 2 aromatic heterocycles. The highest BCUT2D eigenvalue weighted by molar-refractivity contribution is 9.10. The number of benzene rings is 1. The Kier molecular flexibility index (Phi) is 4.99. The van der Waals surface area contributed by atoms with Crippen molar-refractivity contribution in [3.05, 3.63) is 47.1 Å². The van der Waals surface area contributed by atoms with E-state index in [2.05, 4.69) is 42.2 Å². The molecule has 1 aliphatic heterocycles. The molecule has 4 rings (SSSR count). The highest BCUT2D eigenvalue weighted by atomic mass is 79.9. The molecule has 1 aliphatic rings. The minimum Gasteiger partial charge on any atom is -0.496 e. The highest BCUT2D eigenvalue weighted by Crippen LogP contribution is 2.37. The minimum absolute atomic E-state index is 0.0491. The van der Waals surface area contributed by atoms with E-state index in [0.29, 0.717) is 4.60 Å². The maximum absolute atomic E-state index is 5.91. The van der Waals surface area contributed by atoms with Crippen LogP contribution in [0.1, 0.15) is 31.1 Å². The van der Waals surface area contributed by atoms with E-state index in [1.54, 1.807) is 19.5 Å². The zero-order valence-electron chi connectivity index (χ0n) is 14.4. The first-order chi connectivity index (χ1) is 12.8. The summed E-state index contributed by atoms with van der Waals surface area (Å²) < 4.78 is 12.2. The van der Waals surface area contributed by atoms with Crippen LogP contribution in [0.2, 0.25) is 0 Å². The first-order valence-electron chi connectivity index (χ1n) is 8.58. The van der Waals surface area contributed by atoms with Crippen LogP contribution >= 0.6 is 15.9 Å². The topological polar surface area (TPSA) is 72.9 Å². The molecule has 0 saturated carbocycles. The van der Waals surface area contributed by atoms with Crippen molar-refractivity contribution in [1.29, 1.82) is 0 Å². The van der Waals surface area contributed by atoms with Gasteiger partial charge in [-0.3, -0.25) is 10.1 Å². The molecule has 1 saturated heterocycles. The van der Waals surface area contributed by atoms with Gasteiger partial charge in [0.15, 0.2) is 0 Å². The van der Waals surface area contributed by atoms with Crippen LogP contribution in [0.15, 0.2) is 41.4 Å². The molecule has 3 heterocycles. The summed E-state index contributed by atoms with van der Waals surface area (Å²) in [6.45, 7) is 0.793. The molecule has 1 atom stereocenters. The first-order valence-corrected chi connectivity index (χ1v) is 9.37. The Bertz CT molecular complexity index is 889. The zero-order valence-corrected chi connectivity index (χ0v) is 16.0. The Morgan fingerprint density at radius 2 is 2.12 bits per heavy atom. The first kappa shape index (κ1) is 17.2. The summed E-state index contributed by atoms with van der Waals surface area (Å²) >= 11 is 3.31. The summed E-state index contributed by atoms with van der Waals surface area (Å²) in [7, 11) is 1.66. The summed E-state index contributed by atoms with van der Waals surface area (Å²) in [5.74, 6) is 0.746. The second-order valence-corrected chi connectivity index (χ2v) is 6.99. The van der Waals surface area contributed by atoms with E-state index in [1.807, 2.05) is 18.3 Å². The molecule has 0 spiro atoms. The van der Waals surface area contributed by atoms with Crippen molar-refractivity contribution in [1.82, 2.24) is 20.2 Å². The standard InChI is InChI=1S/C19H19BrN4O2/c1-25-17-8-12(5-6-13(17)15-10-22-18(20)11-21-15)14-9-23-24-19(14)16-4-2-3-7-26-16/h5-6,8-11,16H,2-4,7H2,1H3,(H,23,24). The number of hydrogen-bond acceptors (Lipinski definition) is 5. The molecule has 134 valence electrons. The number of aromatic nitrogens is 4. The lowest BCUT2D eigenvalue weighted by Gasteiger charge is -2.22. The van der Waals surface area contributed by atoms with Crippen molar-refractivity contribution < 1.29 is 9.47 Å². The van der Waals surface area contributed by atoms with Gasteiger partial charge in [-0.15, -0.1) is 0 Å². The van der Waals surface area contributed by atoms with Gasteiger partial charge in [-0.05, 0) is 52.9 Å². The normalized spacial score (nSPS) is 17.2. The molecular formula is C19H19BrN4O2. The van der Waals surface area contributed by atoms with Crippen molar-refractivity contribution >= 4 is 15.9 Å². The lowest BCUT2D eigenvalue weighted by molar-refractivity contribution is 0.0126. The van der Waals surface area contributed by atoms with Crippen molar-refractivity contribution in [3.63, 3.8) is 0 Å². The van der Waals surface area contributed by atoms with Gasteiger partial charge in [0, 0.05) is 23.9 Å². The lowest BCUT2D eigenvalue weighted by atomic mass is 9.97. The van der Waals surface area contributed by atoms with Crippen molar-refractivity contribution in [3.8, 4) is 28.1 Å². The second-order valence-electron chi connectivity index (χ2n) is 6.18. The van der Waals surface area contributed by atoms with E-state index in [0.717, 1.165) is 53.3 Å². The molecule has 0 aliphatic carbocycles. The largest absolute Gasteiger partial charge is 0.496 e. The van der Waals surface area contributed by atoms with E-state index in [9.17, 15) is 0 Å². The lowest BCUT2D eigenvalue weighted by Crippen LogP contribution is -2.12. The van der Waals surface area contributed by atoms with Crippen LogP contribution in [-0.2, 0) is 4.74 Å². The fourth-order valence-electron chi connectivity index (χ4n) is 3.26. The third kappa shape index (κ3) is 3.37. The molecule has 0 bridgehead atoms. The number of ether oxygens (including phenoxy) is 2. The van der Waals surface area contributed by atoms with Crippen LogP contribution < -0.4 is 4.74 Å². The van der Waals surface area contributed by atoms with Gasteiger partial charge in [0.25, 0.3) is 0 Å². The van der Waals surface area contributed by atoms with Crippen LogP contribution in [0.5, 0.6) is 5.75 Å². The quantitative estimate of drug-likeness (QED) is 0.677. The molecule has 26 heavy (non-hydrogen) atoms. The number of nitrogens with zero attached hydrogens (tertiary/aromatic N) is 3. The van der Waals surface area contributed by atoms with E-state index in [1.165, 1.54) is 6.42 Å². The molecule has 7 heteroatoms. The summed E-state index contributed by atoms with van der Waals surface area (Å²) in [5, 5.41) is 7.43. The fourth-order valence-corrected chi connectivity index (χ4v) is 3.46. The summed E-state index contributed by atoms with van der Waals surface area (Å²) in [4.78, 5) is 8.66. The molecule has 1 fully saturated rings. The van der Waals surface area contributed by atoms with E-state index in [4.69, 9.17) is 9.47 Å². The maximum Gasteiger partial charge on any atom is 0.128 e. The van der Waals surface area contributed by atoms with Crippen molar-refractivity contribution in [2.75, 3.05) is 13.7 Å². The van der Waals surface area contributed by atoms with Gasteiger partial charge in [-0.2, -0.15) is 5.10 Å². The Hall–Kier alpha value is -2.25. The predicted octanol–water partition coefficient (Wildman–Crippen LogP) is 4.55.